The van der Waals surface area contributed by atoms with Crippen molar-refractivity contribution >= 4 is 17.5 Å². The van der Waals surface area contributed by atoms with Crippen LogP contribution in [0.15, 0.2) is 24.3 Å². The number of Topliss-reactive ketones (excluding diaryl/α,β-unsaturated/α-hetero) is 2. The Morgan fingerprint density at radius 1 is 1.10 bits per heavy atom. The van der Waals surface area contributed by atoms with Gasteiger partial charge in [-0.05, 0) is 37.5 Å². The summed E-state index contributed by atoms with van der Waals surface area (Å²) in [6.07, 6.45) is 7.17. The molecule has 1 atom stereocenters. The molecule has 1 aromatic heterocycles. The van der Waals surface area contributed by atoms with Crippen LogP contribution in [-0.2, 0) is 11.3 Å². The Labute approximate surface area is 171 Å². The highest BCUT2D eigenvalue weighted by Gasteiger charge is 2.36. The predicted molar refractivity (Wildman–Crippen MR) is 112 cm³/mol. The highest BCUT2D eigenvalue weighted by Crippen LogP contribution is 2.32. The van der Waals surface area contributed by atoms with Crippen LogP contribution >= 0.6 is 0 Å². The number of rotatable bonds is 5. The van der Waals surface area contributed by atoms with E-state index in [1.165, 1.54) is 25.7 Å². The average molecular weight is 396 g/mol. The first-order valence-corrected chi connectivity index (χ1v) is 10.6. The number of nitrogens with zero attached hydrogens (tertiary/aromatic N) is 2. The van der Waals surface area contributed by atoms with Gasteiger partial charge in [-0.3, -0.25) is 9.59 Å². The van der Waals surface area contributed by atoms with Gasteiger partial charge in [-0.15, -0.1) is 0 Å². The van der Waals surface area contributed by atoms with Gasteiger partial charge in [0.2, 0.25) is 5.95 Å². The summed E-state index contributed by atoms with van der Waals surface area (Å²) < 4.78 is 7.23. The Kier molecular flexibility index (Phi) is 5.69. The standard InChI is InChI=1S/C23H29N3O3/c1-15-19(27)13-20(28)22-21(15)25-23(24-17-7-5-3-4-6-8-17)26(22)14-16-9-11-18(29-2)12-10-16/h9-12,15,17H,3-8,13-14H2,1-2H3,(H,24,25). The molecule has 2 aliphatic carbocycles. The monoisotopic (exact) mass is 395 g/mol. The summed E-state index contributed by atoms with van der Waals surface area (Å²) in [6.45, 7) is 2.39. The maximum atomic E-state index is 12.8. The SMILES string of the molecule is COc1ccc(Cn2c(NC3CCCCCC3)nc3c2C(=O)CC(=O)C3C)cc1. The number of nitrogens with one attached hydrogen (secondary N) is 1. The van der Waals surface area contributed by atoms with Crippen LogP contribution in [0.2, 0.25) is 0 Å². The normalized spacial score (nSPS) is 20.3. The molecule has 29 heavy (non-hydrogen) atoms. The van der Waals surface area contributed by atoms with Crippen molar-refractivity contribution in [2.24, 2.45) is 0 Å². The Hall–Kier alpha value is -2.63. The van der Waals surface area contributed by atoms with Gasteiger partial charge in [0.1, 0.15) is 17.2 Å². The van der Waals surface area contributed by atoms with Crippen molar-refractivity contribution in [3.8, 4) is 5.75 Å². The predicted octanol–water partition coefficient (Wildman–Crippen LogP) is 4.33. The zero-order valence-electron chi connectivity index (χ0n) is 17.2. The third-order valence-corrected chi connectivity index (χ3v) is 6.17. The second-order valence-electron chi connectivity index (χ2n) is 8.22. The number of imidazole rings is 1. The summed E-state index contributed by atoms with van der Waals surface area (Å²) in [5, 5.41) is 3.61. The largest absolute Gasteiger partial charge is 0.497 e. The van der Waals surface area contributed by atoms with Gasteiger partial charge in [0.05, 0.1) is 31.7 Å². The van der Waals surface area contributed by atoms with Crippen molar-refractivity contribution < 1.29 is 14.3 Å². The van der Waals surface area contributed by atoms with Crippen molar-refractivity contribution in [2.45, 2.75) is 70.4 Å². The molecule has 1 heterocycles. The molecule has 2 aromatic rings. The van der Waals surface area contributed by atoms with Gasteiger partial charge in [0, 0.05) is 6.04 Å². The van der Waals surface area contributed by atoms with Crippen LogP contribution in [0, 0.1) is 0 Å². The molecular formula is C23H29N3O3. The van der Waals surface area contributed by atoms with Crippen LogP contribution in [0.5, 0.6) is 5.75 Å². The molecule has 0 saturated heterocycles. The zero-order chi connectivity index (χ0) is 20.4. The van der Waals surface area contributed by atoms with Crippen molar-refractivity contribution in [3.05, 3.63) is 41.2 Å². The van der Waals surface area contributed by atoms with Crippen molar-refractivity contribution in [3.63, 3.8) is 0 Å². The van der Waals surface area contributed by atoms with E-state index in [-0.39, 0.29) is 23.9 Å². The fourth-order valence-corrected chi connectivity index (χ4v) is 4.40. The first-order valence-electron chi connectivity index (χ1n) is 10.6. The smallest absolute Gasteiger partial charge is 0.204 e. The van der Waals surface area contributed by atoms with E-state index in [2.05, 4.69) is 5.32 Å². The fraction of sp³-hybridized carbons (Fsp3) is 0.522. The number of hydrogen-bond acceptors (Lipinski definition) is 5. The Morgan fingerprint density at radius 3 is 2.45 bits per heavy atom. The molecule has 154 valence electrons. The molecule has 2 aliphatic rings. The molecule has 0 bridgehead atoms. The molecule has 1 unspecified atom stereocenters. The maximum absolute atomic E-state index is 12.8. The zero-order valence-corrected chi connectivity index (χ0v) is 17.2. The van der Waals surface area contributed by atoms with Crippen molar-refractivity contribution in [2.75, 3.05) is 12.4 Å². The number of hydrogen-bond donors (Lipinski definition) is 1. The van der Waals surface area contributed by atoms with E-state index >= 15 is 0 Å². The highest BCUT2D eigenvalue weighted by atomic mass is 16.5. The van der Waals surface area contributed by atoms with Gasteiger partial charge >= 0.3 is 0 Å². The first kappa shape index (κ1) is 19.7. The lowest BCUT2D eigenvalue weighted by Gasteiger charge is -2.20. The Balaban J connectivity index is 1.70. The molecule has 1 aromatic carbocycles. The lowest BCUT2D eigenvalue weighted by molar-refractivity contribution is -0.119. The number of ketones is 2. The first-order chi connectivity index (χ1) is 14.1. The molecule has 0 aliphatic heterocycles. The molecule has 4 rings (SSSR count). The number of anilines is 1. The van der Waals surface area contributed by atoms with Gasteiger partial charge in [-0.25, -0.2) is 4.98 Å². The summed E-state index contributed by atoms with van der Waals surface area (Å²) >= 11 is 0. The minimum atomic E-state index is -0.338. The van der Waals surface area contributed by atoms with Crippen LogP contribution in [0.4, 0.5) is 5.95 Å². The minimum absolute atomic E-state index is 0.0364. The number of benzene rings is 1. The van der Waals surface area contributed by atoms with E-state index in [0.717, 1.165) is 24.2 Å². The lowest BCUT2D eigenvalue weighted by Crippen LogP contribution is -2.26. The van der Waals surface area contributed by atoms with Crippen LogP contribution in [0.25, 0.3) is 0 Å². The molecule has 0 amide bonds. The Morgan fingerprint density at radius 2 is 1.79 bits per heavy atom. The van der Waals surface area contributed by atoms with Gasteiger partial charge in [-0.1, -0.05) is 37.8 Å². The van der Waals surface area contributed by atoms with Gasteiger partial charge in [-0.2, -0.15) is 0 Å². The van der Waals surface area contributed by atoms with Crippen LogP contribution in [0.1, 0.15) is 79.5 Å². The summed E-state index contributed by atoms with van der Waals surface area (Å²) in [6, 6.07) is 8.21. The number of ether oxygens (including phenoxy) is 1. The third-order valence-electron chi connectivity index (χ3n) is 6.17. The molecule has 6 heteroatoms. The van der Waals surface area contributed by atoms with E-state index in [1.54, 1.807) is 7.11 Å². The number of methoxy groups -OCH3 is 1. The molecule has 6 nitrogen and oxygen atoms in total. The molecule has 1 fully saturated rings. The average Bonchev–Trinajstić information content (AvgIpc) is 2.89. The number of carbonyl (C=O) groups is 2. The second-order valence-corrected chi connectivity index (χ2v) is 8.22. The van der Waals surface area contributed by atoms with Crippen molar-refractivity contribution in [1.29, 1.82) is 0 Å². The third kappa shape index (κ3) is 4.07. The van der Waals surface area contributed by atoms with Gasteiger partial charge in [0.25, 0.3) is 0 Å². The van der Waals surface area contributed by atoms with E-state index in [9.17, 15) is 9.59 Å². The van der Waals surface area contributed by atoms with Gasteiger partial charge < -0.3 is 14.6 Å². The van der Waals surface area contributed by atoms with Crippen molar-refractivity contribution in [1.82, 2.24) is 9.55 Å². The molecular weight excluding hydrogens is 366 g/mol. The Bertz CT molecular complexity index is 893. The number of aromatic nitrogens is 2. The number of carbonyl (C=O) groups excluding carboxylic acids is 2. The van der Waals surface area contributed by atoms with E-state index in [1.807, 2.05) is 35.8 Å². The highest BCUT2D eigenvalue weighted by molar-refractivity contribution is 6.13. The van der Waals surface area contributed by atoms with Crippen LogP contribution in [-0.4, -0.2) is 34.3 Å². The van der Waals surface area contributed by atoms with E-state index < -0.39 is 0 Å². The van der Waals surface area contributed by atoms with E-state index in [4.69, 9.17) is 9.72 Å². The summed E-state index contributed by atoms with van der Waals surface area (Å²) in [7, 11) is 1.65. The fourth-order valence-electron chi connectivity index (χ4n) is 4.40. The molecule has 1 saturated carbocycles. The van der Waals surface area contributed by atoms with Gasteiger partial charge in [0.15, 0.2) is 5.78 Å². The molecule has 0 spiro atoms. The van der Waals surface area contributed by atoms with Crippen LogP contribution < -0.4 is 10.1 Å². The lowest BCUT2D eigenvalue weighted by atomic mass is 9.89. The molecule has 0 radical (unpaired) electrons. The molecule has 1 N–H and O–H groups in total. The summed E-state index contributed by atoms with van der Waals surface area (Å²) in [4.78, 5) is 29.8. The minimum Gasteiger partial charge on any atom is -0.497 e. The maximum Gasteiger partial charge on any atom is 0.204 e. The quantitative estimate of drug-likeness (QED) is 0.602. The van der Waals surface area contributed by atoms with E-state index in [0.29, 0.717) is 29.9 Å². The number of fused-ring (bicyclic) bond motifs is 1. The topological polar surface area (TPSA) is 73.2 Å². The summed E-state index contributed by atoms with van der Waals surface area (Å²) in [5.74, 6) is 1.01. The van der Waals surface area contributed by atoms with Crippen LogP contribution in [0.3, 0.4) is 0 Å². The second kappa shape index (κ2) is 8.39. The summed E-state index contributed by atoms with van der Waals surface area (Å²) in [5.41, 5.74) is 2.27.